The summed E-state index contributed by atoms with van der Waals surface area (Å²) in [4.78, 5) is 11.1. The molecule has 102 valence electrons. The molecule has 0 aliphatic heterocycles. The number of carbonyl (C=O) groups excluding carboxylic acids is 1. The third kappa shape index (κ3) is 14.1. The minimum absolute atomic E-state index is 0. The number of quaternary nitrogens is 1. The van der Waals surface area contributed by atoms with Gasteiger partial charge in [-0.1, -0.05) is 12.0 Å². The third-order valence-electron chi connectivity index (χ3n) is 1.66. The van der Waals surface area contributed by atoms with Crippen LogP contribution < -0.4 is 24.0 Å². The first-order valence-corrected chi connectivity index (χ1v) is 6.52. The molecule has 0 N–H and O–H groups in total. The van der Waals surface area contributed by atoms with Crippen LogP contribution in [0.5, 0.6) is 0 Å². The summed E-state index contributed by atoms with van der Waals surface area (Å²) in [5, 5.41) is 4.73. The maximum Gasteiger partial charge on any atom is 0.315 e. The Hall–Kier alpha value is 0.180. The van der Waals surface area contributed by atoms with Gasteiger partial charge in [0.15, 0.2) is 0 Å². The van der Waals surface area contributed by atoms with Gasteiger partial charge in [0.1, 0.15) is 0 Å². The number of hydrogen-bond acceptors (Lipinski definition) is 4. The van der Waals surface area contributed by atoms with E-state index in [0.717, 1.165) is 6.42 Å². The minimum atomic E-state index is -0.136. The van der Waals surface area contributed by atoms with Crippen molar-refractivity contribution in [3.63, 3.8) is 0 Å². The molecule has 0 rings (SSSR count). The van der Waals surface area contributed by atoms with Crippen molar-refractivity contribution in [3.05, 3.63) is 0 Å². The normalized spacial score (nSPS) is 13.2. The van der Waals surface area contributed by atoms with E-state index in [0.29, 0.717) is 22.2 Å². The van der Waals surface area contributed by atoms with Crippen LogP contribution >= 0.6 is 11.8 Å². The van der Waals surface area contributed by atoms with Gasteiger partial charge in [-0.05, 0) is 13.3 Å². The third-order valence-corrected chi connectivity index (χ3v) is 2.82. The van der Waals surface area contributed by atoms with E-state index in [1.54, 1.807) is 11.8 Å². The fraction of sp³-hybridized carbons (Fsp3) is 0.818. The second-order valence-electron chi connectivity index (χ2n) is 4.40. The summed E-state index contributed by atoms with van der Waals surface area (Å²) in [5.41, 5.74) is 0. The van der Waals surface area contributed by atoms with Crippen molar-refractivity contribution in [1.29, 1.82) is 0 Å². The first kappa shape index (κ1) is 19.5. The molecule has 0 amide bonds. The lowest BCUT2D eigenvalue weighted by Gasteiger charge is -2.15. The van der Waals surface area contributed by atoms with Gasteiger partial charge in [0.2, 0.25) is 0 Å². The fourth-order valence-corrected chi connectivity index (χ4v) is 1.65. The van der Waals surface area contributed by atoms with Gasteiger partial charge in [0.25, 0.3) is 0 Å². The van der Waals surface area contributed by atoms with Crippen molar-refractivity contribution in [2.24, 2.45) is 5.10 Å². The Balaban J connectivity index is 0. The van der Waals surface area contributed by atoms with Crippen molar-refractivity contribution < 1.29 is 38.1 Å². The fourth-order valence-electron chi connectivity index (χ4n) is 0.922. The van der Waals surface area contributed by atoms with Gasteiger partial charge in [-0.15, -0.1) is 11.8 Å². The van der Waals surface area contributed by atoms with Crippen molar-refractivity contribution in [1.82, 2.24) is 0 Å². The van der Waals surface area contributed by atoms with Gasteiger partial charge in [-0.3, -0.25) is 4.79 Å². The Labute approximate surface area is 126 Å². The zero-order valence-corrected chi connectivity index (χ0v) is 14.2. The highest BCUT2D eigenvalue weighted by Crippen LogP contribution is 2.13. The van der Waals surface area contributed by atoms with E-state index in [-0.39, 0.29) is 29.9 Å². The topological polar surface area (TPSA) is 38.7 Å². The molecule has 0 aromatic heterocycles. The number of halogens is 1. The number of thioether (sulfide) groups is 1. The first-order valence-electron chi connectivity index (χ1n) is 5.48. The number of carbonyl (C=O) groups is 1. The molecule has 6 heteroatoms. The Kier molecular flexibility index (Phi) is 11.6. The molecular formula is C11H23IN2O2S. The van der Waals surface area contributed by atoms with Crippen LogP contribution in [0.4, 0.5) is 0 Å². The molecule has 0 spiro atoms. The lowest BCUT2D eigenvalue weighted by Crippen LogP contribution is -3.00. The predicted molar refractivity (Wildman–Crippen MR) is 69.7 cm³/mol. The highest BCUT2D eigenvalue weighted by Gasteiger charge is 2.08. The second kappa shape index (κ2) is 10.1. The van der Waals surface area contributed by atoms with Gasteiger partial charge >= 0.3 is 5.97 Å². The zero-order valence-electron chi connectivity index (χ0n) is 11.3. The van der Waals surface area contributed by atoms with Crippen molar-refractivity contribution in [2.45, 2.75) is 25.5 Å². The maximum atomic E-state index is 11.1. The molecule has 17 heavy (non-hydrogen) atoms. The van der Waals surface area contributed by atoms with Gasteiger partial charge in [-0.25, -0.2) is 4.59 Å². The summed E-state index contributed by atoms with van der Waals surface area (Å²) in [6, 6.07) is 0. The van der Waals surface area contributed by atoms with Crippen LogP contribution in [-0.2, 0) is 9.53 Å². The summed E-state index contributed by atoms with van der Waals surface area (Å²) in [7, 11) is 6.02. The SMILES string of the molecule is CCOC(=O)CSC(C)CC=N[N+](C)(C)C.[I-]. The van der Waals surface area contributed by atoms with Gasteiger partial charge in [0, 0.05) is 5.25 Å². The summed E-state index contributed by atoms with van der Waals surface area (Å²) < 4.78 is 5.43. The standard InChI is InChI=1S/C11H23N2O2S.HI/c1-6-15-11(14)9-16-10(2)7-8-12-13(3,4)5;/h8,10H,6-7,9H2,1-5H3;1H/q+1;/p-1. The summed E-state index contributed by atoms with van der Waals surface area (Å²) >= 11 is 1.60. The average molecular weight is 374 g/mol. The quantitative estimate of drug-likeness (QED) is 0.184. The van der Waals surface area contributed by atoms with E-state index in [1.807, 2.05) is 34.3 Å². The molecule has 1 unspecified atom stereocenters. The molecule has 0 aromatic carbocycles. The molecule has 0 saturated heterocycles. The Morgan fingerprint density at radius 3 is 2.53 bits per heavy atom. The first-order chi connectivity index (χ1) is 7.35. The molecule has 0 aromatic rings. The predicted octanol–water partition coefficient (Wildman–Crippen LogP) is -1.24. The molecule has 0 aliphatic rings. The largest absolute Gasteiger partial charge is 1.00 e. The smallest absolute Gasteiger partial charge is 0.315 e. The molecular weight excluding hydrogens is 351 g/mol. The number of nitrogens with zero attached hydrogens (tertiary/aromatic N) is 2. The van der Waals surface area contributed by atoms with E-state index in [1.165, 1.54) is 0 Å². The average Bonchev–Trinajstić information content (AvgIpc) is 2.13. The summed E-state index contributed by atoms with van der Waals surface area (Å²) in [5.74, 6) is 0.288. The van der Waals surface area contributed by atoms with Crippen molar-refractivity contribution in [3.8, 4) is 0 Å². The van der Waals surface area contributed by atoms with E-state index in [9.17, 15) is 4.79 Å². The Bertz CT molecular complexity index is 242. The van der Waals surface area contributed by atoms with Crippen molar-refractivity contribution >= 4 is 23.9 Å². The van der Waals surface area contributed by atoms with Crippen LogP contribution in [0.15, 0.2) is 5.10 Å². The lowest BCUT2D eigenvalue weighted by molar-refractivity contribution is -0.876. The second-order valence-corrected chi connectivity index (χ2v) is 5.83. The summed E-state index contributed by atoms with van der Waals surface area (Å²) in [6.45, 7) is 4.36. The van der Waals surface area contributed by atoms with Crippen LogP contribution in [0.25, 0.3) is 0 Å². The highest BCUT2D eigenvalue weighted by molar-refractivity contribution is 8.00. The minimum Gasteiger partial charge on any atom is -1.00 e. The number of hydrogen-bond donors (Lipinski definition) is 0. The van der Waals surface area contributed by atoms with Gasteiger partial charge in [0.05, 0.1) is 39.7 Å². The highest BCUT2D eigenvalue weighted by atomic mass is 127. The van der Waals surface area contributed by atoms with Crippen LogP contribution in [0.3, 0.4) is 0 Å². The monoisotopic (exact) mass is 374 g/mol. The maximum absolute atomic E-state index is 11.1. The molecule has 0 saturated carbocycles. The number of rotatable bonds is 7. The zero-order chi connectivity index (χ0) is 12.6. The van der Waals surface area contributed by atoms with Crippen LogP contribution in [-0.4, -0.2) is 55.5 Å². The lowest BCUT2D eigenvalue weighted by atomic mass is 10.4. The van der Waals surface area contributed by atoms with Crippen LogP contribution in [0.2, 0.25) is 0 Å². The number of esters is 1. The van der Waals surface area contributed by atoms with Gasteiger partial charge < -0.3 is 28.7 Å². The Morgan fingerprint density at radius 1 is 1.47 bits per heavy atom. The molecule has 0 fully saturated rings. The Morgan fingerprint density at radius 2 is 2.06 bits per heavy atom. The van der Waals surface area contributed by atoms with E-state index >= 15 is 0 Å². The number of ether oxygens (including phenoxy) is 1. The molecule has 1 atom stereocenters. The van der Waals surface area contributed by atoms with Crippen LogP contribution in [0, 0.1) is 0 Å². The van der Waals surface area contributed by atoms with Crippen molar-refractivity contribution in [2.75, 3.05) is 33.5 Å². The van der Waals surface area contributed by atoms with E-state index in [4.69, 9.17) is 4.74 Å². The molecule has 4 nitrogen and oxygen atoms in total. The van der Waals surface area contributed by atoms with E-state index < -0.39 is 0 Å². The van der Waals surface area contributed by atoms with Gasteiger partial charge in [-0.2, -0.15) is 0 Å². The molecule has 0 heterocycles. The van der Waals surface area contributed by atoms with E-state index in [2.05, 4.69) is 12.0 Å². The summed E-state index contributed by atoms with van der Waals surface area (Å²) in [6.07, 6.45) is 2.79. The van der Waals surface area contributed by atoms with Crippen LogP contribution in [0.1, 0.15) is 20.3 Å². The molecule has 0 aliphatic carbocycles. The molecule has 0 radical (unpaired) electrons. The molecule has 0 bridgehead atoms.